The first-order valence-corrected chi connectivity index (χ1v) is 11.4. The molecule has 0 saturated carbocycles. The third-order valence-corrected chi connectivity index (χ3v) is 6.45. The van der Waals surface area contributed by atoms with Crippen LogP contribution in [0.25, 0.3) is 11.0 Å². The predicted molar refractivity (Wildman–Crippen MR) is 120 cm³/mol. The Kier molecular flexibility index (Phi) is 6.02. The van der Waals surface area contributed by atoms with Crippen LogP contribution in [-0.2, 0) is 21.4 Å². The second-order valence-corrected chi connectivity index (χ2v) is 9.03. The molecule has 2 N–H and O–H groups in total. The van der Waals surface area contributed by atoms with Crippen molar-refractivity contribution >= 4 is 32.7 Å². The average Bonchev–Trinajstić information content (AvgIpc) is 3.17. The molecule has 164 valence electrons. The number of hydrogen-bond acceptors (Lipinski definition) is 4. The summed E-state index contributed by atoms with van der Waals surface area (Å²) in [5.41, 5.74) is 2.76. The Morgan fingerprint density at radius 2 is 1.72 bits per heavy atom. The summed E-state index contributed by atoms with van der Waals surface area (Å²) in [4.78, 5) is 15.6. The van der Waals surface area contributed by atoms with E-state index in [0.717, 1.165) is 11.0 Å². The first-order valence-electron chi connectivity index (χ1n) is 9.87. The molecule has 9 heteroatoms. The molecule has 4 aromatic rings. The highest BCUT2D eigenvalue weighted by Crippen LogP contribution is 2.23. The molecule has 0 aliphatic heterocycles. The van der Waals surface area contributed by atoms with Crippen LogP contribution < -0.4 is 10.0 Å². The number of halogens is 1. The van der Waals surface area contributed by atoms with E-state index in [1.807, 2.05) is 28.8 Å². The Morgan fingerprint density at radius 3 is 2.41 bits per heavy atom. The number of aromatic nitrogens is 2. The number of amides is 1. The fraction of sp³-hybridized carbons (Fsp3) is 0.130. The van der Waals surface area contributed by atoms with Gasteiger partial charge in [-0.15, -0.1) is 0 Å². The molecule has 4 rings (SSSR count). The van der Waals surface area contributed by atoms with Gasteiger partial charge < -0.3 is 9.88 Å². The maximum absolute atomic E-state index is 13.5. The second-order valence-electron chi connectivity index (χ2n) is 7.32. The van der Waals surface area contributed by atoms with E-state index >= 15 is 0 Å². The van der Waals surface area contributed by atoms with Crippen LogP contribution >= 0.6 is 0 Å². The van der Waals surface area contributed by atoms with Crippen LogP contribution in [0.4, 0.5) is 10.1 Å². The van der Waals surface area contributed by atoms with E-state index in [-0.39, 0.29) is 17.3 Å². The minimum Gasteiger partial charge on any atom is -0.329 e. The zero-order valence-electron chi connectivity index (χ0n) is 17.2. The van der Waals surface area contributed by atoms with Gasteiger partial charge in [-0.05, 0) is 54.1 Å². The van der Waals surface area contributed by atoms with E-state index in [1.54, 1.807) is 18.5 Å². The number of nitrogens with zero attached hydrogens (tertiary/aromatic N) is 2. The van der Waals surface area contributed by atoms with Crippen LogP contribution in [0.15, 0.2) is 84.0 Å². The van der Waals surface area contributed by atoms with Crippen LogP contribution in [0.2, 0.25) is 0 Å². The van der Waals surface area contributed by atoms with Crippen molar-refractivity contribution in [3.8, 4) is 0 Å². The molecule has 32 heavy (non-hydrogen) atoms. The fourth-order valence-corrected chi connectivity index (χ4v) is 4.65. The Hall–Kier alpha value is -3.56. The molecule has 0 saturated heterocycles. The summed E-state index contributed by atoms with van der Waals surface area (Å²) in [7, 11) is -3.91. The number of carbonyl (C=O) groups excluding carboxylic acids is 1. The number of benzene rings is 3. The normalized spacial score (nSPS) is 12.6. The number of imidazole rings is 1. The minimum atomic E-state index is -3.91. The van der Waals surface area contributed by atoms with Gasteiger partial charge in [0.15, 0.2) is 0 Å². The molecule has 1 unspecified atom stereocenters. The Bertz CT molecular complexity index is 1350. The van der Waals surface area contributed by atoms with E-state index in [2.05, 4.69) is 15.0 Å². The molecule has 0 aliphatic rings. The van der Waals surface area contributed by atoms with Crippen molar-refractivity contribution in [2.45, 2.75) is 24.4 Å². The van der Waals surface area contributed by atoms with Crippen LogP contribution in [-0.4, -0.2) is 23.9 Å². The highest BCUT2D eigenvalue weighted by Gasteiger charge is 2.23. The number of carbonyl (C=O) groups is 1. The van der Waals surface area contributed by atoms with Crippen molar-refractivity contribution in [1.82, 2.24) is 14.3 Å². The molecular weight excluding hydrogens is 431 g/mol. The number of sulfonamides is 1. The van der Waals surface area contributed by atoms with E-state index < -0.39 is 21.9 Å². The fourth-order valence-electron chi connectivity index (χ4n) is 3.43. The maximum Gasteiger partial charge on any atom is 0.241 e. The lowest BCUT2D eigenvalue weighted by Gasteiger charge is -2.20. The molecule has 0 spiro atoms. The molecule has 3 aromatic carbocycles. The van der Waals surface area contributed by atoms with Gasteiger partial charge in [0, 0.05) is 19.2 Å². The molecule has 1 amide bonds. The molecule has 1 heterocycles. The number of para-hydroxylation sites is 2. The van der Waals surface area contributed by atoms with E-state index in [9.17, 15) is 17.6 Å². The average molecular weight is 453 g/mol. The molecule has 0 bridgehead atoms. The molecule has 1 aromatic heterocycles. The van der Waals surface area contributed by atoms with Crippen LogP contribution in [0.5, 0.6) is 0 Å². The molecule has 7 nitrogen and oxygen atoms in total. The van der Waals surface area contributed by atoms with Gasteiger partial charge in [-0.3, -0.25) is 4.79 Å². The van der Waals surface area contributed by atoms with Crippen molar-refractivity contribution in [1.29, 1.82) is 0 Å². The molecule has 0 radical (unpaired) electrons. The van der Waals surface area contributed by atoms with Crippen molar-refractivity contribution < 1.29 is 17.6 Å². The van der Waals surface area contributed by atoms with Gasteiger partial charge >= 0.3 is 0 Å². The van der Waals surface area contributed by atoms with Gasteiger partial charge in [0.1, 0.15) is 5.82 Å². The Labute approximate surface area is 185 Å². The molecular formula is C23H21FN4O3S. The van der Waals surface area contributed by atoms with Crippen molar-refractivity contribution in [2.75, 3.05) is 5.32 Å². The lowest BCUT2D eigenvalue weighted by molar-refractivity contribution is -0.114. The molecule has 0 fully saturated rings. The standard InChI is InChI=1S/C23H21FN4O3S/c1-16(29)26-19-10-12-20(13-11-19)32(30,31)27-22(17-6-8-18(24)9-7-17)14-28-15-25-21-4-2-3-5-23(21)28/h2-13,15,22,27H,14H2,1H3,(H,26,29). The number of anilines is 1. The smallest absolute Gasteiger partial charge is 0.241 e. The summed E-state index contributed by atoms with van der Waals surface area (Å²) in [6, 6.07) is 18.5. The quantitative estimate of drug-likeness (QED) is 0.445. The number of rotatable bonds is 7. The maximum atomic E-state index is 13.5. The zero-order chi connectivity index (χ0) is 22.7. The summed E-state index contributed by atoms with van der Waals surface area (Å²) in [5.74, 6) is -0.653. The summed E-state index contributed by atoms with van der Waals surface area (Å²) < 4.78 is 44.3. The highest BCUT2D eigenvalue weighted by atomic mass is 32.2. The van der Waals surface area contributed by atoms with Crippen molar-refractivity contribution in [3.63, 3.8) is 0 Å². The van der Waals surface area contributed by atoms with E-state index in [1.165, 1.54) is 43.3 Å². The number of hydrogen-bond donors (Lipinski definition) is 2. The molecule has 0 aliphatic carbocycles. The summed E-state index contributed by atoms with van der Waals surface area (Å²) >= 11 is 0. The second kappa shape index (κ2) is 8.89. The van der Waals surface area contributed by atoms with Gasteiger partial charge in [-0.2, -0.15) is 0 Å². The van der Waals surface area contributed by atoms with Crippen molar-refractivity contribution in [3.05, 3.63) is 90.5 Å². The largest absolute Gasteiger partial charge is 0.329 e. The predicted octanol–water partition coefficient (Wildman–Crippen LogP) is 3.85. The van der Waals surface area contributed by atoms with Gasteiger partial charge in [0.05, 0.1) is 28.3 Å². The minimum absolute atomic E-state index is 0.0502. The third kappa shape index (κ3) is 4.84. The molecule has 1 atom stereocenters. The lowest BCUT2D eigenvalue weighted by Crippen LogP contribution is -2.31. The highest BCUT2D eigenvalue weighted by molar-refractivity contribution is 7.89. The number of fused-ring (bicyclic) bond motifs is 1. The zero-order valence-corrected chi connectivity index (χ0v) is 18.0. The monoisotopic (exact) mass is 452 g/mol. The van der Waals surface area contributed by atoms with Crippen LogP contribution in [0, 0.1) is 5.82 Å². The lowest BCUT2D eigenvalue weighted by atomic mass is 10.1. The summed E-state index contributed by atoms with van der Waals surface area (Å²) in [6.07, 6.45) is 1.65. The van der Waals surface area contributed by atoms with Gasteiger partial charge in [-0.1, -0.05) is 24.3 Å². The summed E-state index contributed by atoms with van der Waals surface area (Å²) in [6.45, 7) is 1.63. The third-order valence-electron chi connectivity index (χ3n) is 4.96. The first kappa shape index (κ1) is 21.7. The van der Waals surface area contributed by atoms with E-state index in [0.29, 0.717) is 11.3 Å². The summed E-state index contributed by atoms with van der Waals surface area (Å²) in [5, 5.41) is 2.60. The van der Waals surface area contributed by atoms with Gasteiger partial charge in [0.25, 0.3) is 0 Å². The Morgan fingerprint density at radius 1 is 1.03 bits per heavy atom. The van der Waals surface area contributed by atoms with Crippen LogP contribution in [0.1, 0.15) is 18.5 Å². The van der Waals surface area contributed by atoms with Gasteiger partial charge in [-0.25, -0.2) is 22.5 Å². The van der Waals surface area contributed by atoms with Crippen LogP contribution in [0.3, 0.4) is 0 Å². The Balaban J connectivity index is 1.65. The topological polar surface area (TPSA) is 93.1 Å². The van der Waals surface area contributed by atoms with E-state index in [4.69, 9.17) is 0 Å². The number of nitrogens with one attached hydrogen (secondary N) is 2. The SMILES string of the molecule is CC(=O)Nc1ccc(S(=O)(=O)NC(Cn2cnc3ccccc32)c2ccc(F)cc2)cc1. The van der Waals surface area contributed by atoms with Crippen molar-refractivity contribution in [2.24, 2.45) is 0 Å². The first-order chi connectivity index (χ1) is 15.3. The van der Waals surface area contributed by atoms with Gasteiger partial charge in [0.2, 0.25) is 15.9 Å².